The number of carboxylic acid groups (broad SMARTS) is 1. The molecule has 11 heavy (non-hydrogen) atoms. The van der Waals surface area contributed by atoms with Gasteiger partial charge in [0.2, 0.25) is 0 Å². The van der Waals surface area contributed by atoms with Gasteiger partial charge in [0.05, 0.1) is 6.42 Å². The smallest absolute Gasteiger partial charge is 0.414 e. The summed E-state index contributed by atoms with van der Waals surface area (Å²) in [5.74, 6) is -1.17. The van der Waals surface area contributed by atoms with E-state index in [2.05, 4.69) is 4.79 Å². The maximum atomic E-state index is 9.87. The molecule has 0 atom stereocenters. The average Bonchev–Trinajstić information content (AvgIpc) is 1.91. The minimum Gasteiger partial charge on any atom is -0.473 e. The molecule has 0 saturated carbocycles. The summed E-state index contributed by atoms with van der Waals surface area (Å²) in [7, 11) is 0. The Bertz CT molecular complexity index is 184. The lowest BCUT2D eigenvalue weighted by molar-refractivity contribution is -0.134. The van der Waals surface area contributed by atoms with Crippen LogP contribution in [0.3, 0.4) is 0 Å². The molecule has 0 aliphatic carbocycles. The van der Waals surface area contributed by atoms with Crippen LogP contribution in [0.2, 0.25) is 0 Å². The predicted octanol–water partition coefficient (Wildman–Crippen LogP) is 0.294. The van der Waals surface area contributed by atoms with Gasteiger partial charge in [0.25, 0.3) is 0 Å². The second-order valence-corrected chi connectivity index (χ2v) is 1.29. The first-order valence-corrected chi connectivity index (χ1v) is 2.54. The number of hydrogen-bond acceptors (Lipinski definition) is 3. The largest absolute Gasteiger partial charge is 0.473 e. The van der Waals surface area contributed by atoms with Crippen molar-refractivity contribution in [2.45, 2.75) is 13.3 Å². The van der Waals surface area contributed by atoms with Gasteiger partial charge in [0, 0.05) is 0 Å². The summed E-state index contributed by atoms with van der Waals surface area (Å²) in [4.78, 5) is 20.5. The highest BCUT2D eigenvalue weighted by Gasteiger charge is 2.13. The predicted molar refractivity (Wildman–Crippen MR) is 34.1 cm³/mol. The number of rotatable bonds is 2. The van der Waals surface area contributed by atoms with E-state index in [1.807, 2.05) is 0 Å². The number of carbonyl (C=O) groups is 1. The van der Waals surface area contributed by atoms with Crippen molar-refractivity contribution >= 4 is 11.7 Å². The molecule has 2 N–H and O–H groups in total. The van der Waals surface area contributed by atoms with E-state index in [0.29, 0.717) is 0 Å². The third-order valence-corrected chi connectivity index (χ3v) is 0.702. The zero-order chi connectivity index (χ0) is 9.28. The molecule has 7 nitrogen and oxygen atoms in total. The van der Waals surface area contributed by atoms with E-state index in [1.165, 1.54) is 5.34 Å². The van der Waals surface area contributed by atoms with E-state index in [1.54, 1.807) is 6.92 Å². The molecule has 0 aromatic rings. The molecular weight excluding hydrogens is 154 g/mol. The van der Waals surface area contributed by atoms with E-state index in [9.17, 15) is 4.79 Å². The van der Waals surface area contributed by atoms with Crippen LogP contribution in [-0.2, 0) is 4.79 Å². The maximum absolute atomic E-state index is 9.87. The molecule has 0 aliphatic rings. The van der Waals surface area contributed by atoms with Crippen LogP contribution in [0.5, 0.6) is 0 Å². The van der Waals surface area contributed by atoms with E-state index >= 15 is 0 Å². The van der Waals surface area contributed by atoms with Gasteiger partial charge in [-0.3, -0.25) is 0 Å². The Morgan fingerprint density at radius 3 is 2.09 bits per heavy atom. The molecule has 0 saturated heterocycles. The van der Waals surface area contributed by atoms with E-state index in [-0.39, 0.29) is 12.1 Å². The molecule has 0 aromatic heterocycles. The second kappa shape index (κ2) is 8.25. The molecule has 0 radical (unpaired) electrons. The molecule has 62 valence electrons. The fourth-order valence-electron chi connectivity index (χ4n) is 0.265. The Morgan fingerprint density at radius 1 is 1.73 bits per heavy atom. The van der Waals surface area contributed by atoms with Gasteiger partial charge in [-0.2, -0.15) is 4.79 Å². The minimum atomic E-state index is -1.17. The third-order valence-electron chi connectivity index (χ3n) is 0.702. The summed E-state index contributed by atoms with van der Waals surface area (Å²) in [5.41, 5.74) is 7.69. The van der Waals surface area contributed by atoms with Crippen molar-refractivity contribution in [2.24, 2.45) is 5.34 Å². The Morgan fingerprint density at radius 2 is 2.09 bits per heavy atom. The number of hydrogen-bond donors (Lipinski definition) is 2. The van der Waals surface area contributed by atoms with Gasteiger partial charge in [-0.05, 0) is 0 Å². The van der Waals surface area contributed by atoms with Gasteiger partial charge < -0.3 is 15.8 Å². The van der Waals surface area contributed by atoms with Crippen LogP contribution < -0.4 is 0 Å². The molecule has 0 aromatic carbocycles. The van der Waals surface area contributed by atoms with Crippen LogP contribution >= 0.6 is 0 Å². The van der Waals surface area contributed by atoms with Gasteiger partial charge in [-0.25, -0.2) is 4.79 Å². The van der Waals surface area contributed by atoms with Crippen molar-refractivity contribution in [1.29, 1.82) is 0 Å². The van der Waals surface area contributed by atoms with Crippen molar-refractivity contribution in [3.8, 4) is 0 Å². The minimum absolute atomic E-state index is 0.218. The van der Waals surface area contributed by atoms with Crippen molar-refractivity contribution in [1.82, 2.24) is 0 Å². The summed E-state index contributed by atoms with van der Waals surface area (Å²) < 4.78 is 0. The van der Waals surface area contributed by atoms with Gasteiger partial charge >= 0.3 is 11.7 Å². The lowest BCUT2D eigenvalue weighted by Gasteiger charge is -1.76. The normalized spacial score (nSPS) is 6.64. The van der Waals surface area contributed by atoms with E-state index < -0.39 is 5.97 Å². The Kier molecular flexibility index (Phi) is 8.98. The fourth-order valence-corrected chi connectivity index (χ4v) is 0.265. The number of carboxylic acids is 1. The summed E-state index contributed by atoms with van der Waals surface area (Å²) in [6, 6.07) is 0. The lowest BCUT2D eigenvalue weighted by atomic mass is 10.3. The molecule has 0 unspecified atom stereocenters. The first-order chi connectivity index (χ1) is 5.13. The number of nitrogens with zero attached hydrogens (tertiary/aromatic N) is 3. The van der Waals surface area contributed by atoms with Gasteiger partial charge in [-0.15, -0.1) is 4.91 Å². The first kappa shape index (κ1) is 12.0. The van der Waals surface area contributed by atoms with Gasteiger partial charge in [0.15, 0.2) is 5.34 Å². The maximum Gasteiger partial charge on any atom is 0.414 e. The number of aliphatic carboxylic acids is 1. The van der Waals surface area contributed by atoms with Crippen molar-refractivity contribution in [3.05, 3.63) is 10.4 Å². The highest BCUT2D eigenvalue weighted by Crippen LogP contribution is 1.77. The Labute approximate surface area is 61.8 Å². The fraction of sp³-hybridized carbons (Fsp3) is 0.500. The van der Waals surface area contributed by atoms with Crippen LogP contribution in [0.15, 0.2) is 5.34 Å². The highest BCUT2D eigenvalue weighted by atomic mass is 16.6. The third kappa shape index (κ3) is 8.25. The van der Waals surface area contributed by atoms with Crippen LogP contribution in [0.1, 0.15) is 13.3 Å². The van der Waals surface area contributed by atoms with Crippen molar-refractivity contribution in [3.63, 3.8) is 0 Å². The summed E-state index contributed by atoms with van der Waals surface area (Å²) >= 11 is 0. The molecule has 0 fully saturated rings. The van der Waals surface area contributed by atoms with Crippen LogP contribution in [-0.4, -0.2) is 26.8 Å². The van der Waals surface area contributed by atoms with Crippen molar-refractivity contribution < 1.29 is 19.9 Å². The zero-order valence-electron chi connectivity index (χ0n) is 5.76. The summed E-state index contributed by atoms with van der Waals surface area (Å²) in [5, 5.41) is 16.0. The summed E-state index contributed by atoms with van der Waals surface area (Å²) in [6.07, 6.45) is 0.242. The van der Waals surface area contributed by atoms with Gasteiger partial charge in [-0.1, -0.05) is 6.92 Å². The quantitative estimate of drug-likeness (QED) is 0.198. The molecule has 0 aliphatic heterocycles. The SMILES string of the molecule is CCC(=[N+]=[N-])C(=O)O.O=NO. The van der Waals surface area contributed by atoms with Crippen molar-refractivity contribution in [2.75, 3.05) is 0 Å². The Hall–Kier alpha value is -1.75. The molecule has 7 heteroatoms. The van der Waals surface area contributed by atoms with Crippen LogP contribution in [0.25, 0.3) is 5.53 Å². The highest BCUT2D eigenvalue weighted by molar-refractivity contribution is 6.32. The average molecular weight is 161 g/mol. The lowest BCUT2D eigenvalue weighted by Crippen LogP contribution is -2.11. The summed E-state index contributed by atoms with van der Waals surface area (Å²) in [6.45, 7) is 1.60. The van der Waals surface area contributed by atoms with Crippen LogP contribution in [0.4, 0.5) is 0 Å². The monoisotopic (exact) mass is 161 g/mol. The van der Waals surface area contributed by atoms with E-state index in [4.69, 9.17) is 20.8 Å². The Balaban J connectivity index is 0. The van der Waals surface area contributed by atoms with Gasteiger partial charge in [0.1, 0.15) is 0 Å². The molecule has 0 spiro atoms. The molecule has 0 amide bonds. The first-order valence-electron chi connectivity index (χ1n) is 2.54. The van der Waals surface area contributed by atoms with Crippen LogP contribution in [0, 0.1) is 4.91 Å². The second-order valence-electron chi connectivity index (χ2n) is 1.29. The topological polar surface area (TPSA) is 123 Å². The van der Waals surface area contributed by atoms with E-state index in [0.717, 1.165) is 0 Å². The zero-order valence-corrected chi connectivity index (χ0v) is 5.76. The molecule has 0 heterocycles. The molecule has 0 rings (SSSR count). The molecule has 0 bridgehead atoms. The standard InChI is InChI=1S/C4H6N2O2.HNO2/c1-2-3(6-5)4(7)8;2-1-3/h2H2,1H3,(H,7,8);(H,2,3). The molecular formula is C4H7N3O4.